The first-order chi connectivity index (χ1) is 10.4. The van der Waals surface area contributed by atoms with Crippen LogP contribution in [-0.2, 0) is 9.47 Å². The number of hydrogen-bond acceptors (Lipinski definition) is 2. The molecule has 25 heavy (non-hydrogen) atoms. The van der Waals surface area contributed by atoms with Crippen LogP contribution in [0.3, 0.4) is 0 Å². The highest BCUT2D eigenvalue weighted by atomic mass is 16.5. The van der Waals surface area contributed by atoms with Gasteiger partial charge in [-0.2, -0.15) is 0 Å². The van der Waals surface area contributed by atoms with Gasteiger partial charge in [0.2, 0.25) is 0 Å². The lowest BCUT2D eigenvalue weighted by molar-refractivity contribution is -0.0534. The topological polar surface area (TPSA) is 18.5 Å². The smallest absolute Gasteiger partial charge is 0.0518 e. The molecule has 0 N–H and O–H groups in total. The van der Waals surface area contributed by atoms with Crippen molar-refractivity contribution in [3.63, 3.8) is 0 Å². The maximum absolute atomic E-state index is 5.22. The summed E-state index contributed by atoms with van der Waals surface area (Å²) in [5.41, 5.74) is 0. The fraction of sp³-hybridized carbons (Fsp3) is 1.00. The lowest BCUT2D eigenvalue weighted by atomic mass is 9.78. The highest BCUT2D eigenvalue weighted by molar-refractivity contribution is 4.71. The van der Waals surface area contributed by atoms with Gasteiger partial charge in [0.05, 0.1) is 13.2 Å². The third-order valence-corrected chi connectivity index (χ3v) is 5.61. The van der Waals surface area contributed by atoms with E-state index >= 15 is 0 Å². The molecule has 3 aliphatic rings. The van der Waals surface area contributed by atoms with E-state index in [1.807, 2.05) is 0 Å². The molecule has 0 bridgehead atoms. The molecular formula is C23H52O2. The second-order valence-electron chi connectivity index (χ2n) is 8.34. The highest BCUT2D eigenvalue weighted by Gasteiger charge is 2.21. The van der Waals surface area contributed by atoms with E-state index in [0.29, 0.717) is 0 Å². The first-order valence-electron chi connectivity index (χ1n) is 9.57. The SMILES string of the molecule is C.C.C.CC(C)C1CCC1.CC(C)C1CCOC1.CC(C)C1COC1. The van der Waals surface area contributed by atoms with Crippen LogP contribution in [0.15, 0.2) is 0 Å². The summed E-state index contributed by atoms with van der Waals surface area (Å²) in [4.78, 5) is 0. The van der Waals surface area contributed by atoms with Gasteiger partial charge < -0.3 is 9.47 Å². The van der Waals surface area contributed by atoms with Crippen molar-refractivity contribution in [2.45, 2.75) is 89.5 Å². The molecule has 2 heterocycles. The molecule has 0 spiro atoms. The van der Waals surface area contributed by atoms with Gasteiger partial charge in [0.15, 0.2) is 0 Å². The minimum absolute atomic E-state index is 0. The summed E-state index contributed by atoms with van der Waals surface area (Å²) < 4.78 is 10.2. The van der Waals surface area contributed by atoms with Crippen LogP contribution in [0, 0.1) is 35.5 Å². The molecule has 3 rings (SSSR count). The molecule has 0 aromatic heterocycles. The third kappa shape index (κ3) is 12.0. The van der Waals surface area contributed by atoms with Crippen LogP contribution in [0.1, 0.15) is 89.5 Å². The van der Waals surface area contributed by atoms with Crippen LogP contribution in [0.5, 0.6) is 0 Å². The van der Waals surface area contributed by atoms with Gasteiger partial charge >= 0.3 is 0 Å². The van der Waals surface area contributed by atoms with Crippen LogP contribution in [-0.4, -0.2) is 26.4 Å². The number of rotatable bonds is 3. The molecule has 0 amide bonds. The van der Waals surface area contributed by atoms with Crippen molar-refractivity contribution < 1.29 is 9.47 Å². The van der Waals surface area contributed by atoms with E-state index in [1.165, 1.54) is 25.7 Å². The number of ether oxygens (including phenoxy) is 2. The molecule has 156 valence electrons. The molecular weight excluding hydrogens is 308 g/mol. The molecule has 3 fully saturated rings. The van der Waals surface area contributed by atoms with Gasteiger partial charge in [0.25, 0.3) is 0 Å². The molecule has 2 nitrogen and oxygen atoms in total. The Morgan fingerprint density at radius 1 is 0.560 bits per heavy atom. The fourth-order valence-electron chi connectivity index (χ4n) is 2.82. The Morgan fingerprint density at radius 2 is 1.00 bits per heavy atom. The first-order valence-corrected chi connectivity index (χ1v) is 9.57. The summed E-state index contributed by atoms with van der Waals surface area (Å²) in [7, 11) is 0. The van der Waals surface area contributed by atoms with Crippen molar-refractivity contribution in [2.24, 2.45) is 35.5 Å². The lowest BCUT2D eigenvalue weighted by Crippen LogP contribution is -2.31. The van der Waals surface area contributed by atoms with Crippen LogP contribution >= 0.6 is 0 Å². The zero-order valence-corrected chi connectivity index (χ0v) is 15.9. The molecule has 2 aliphatic heterocycles. The second kappa shape index (κ2) is 16.1. The highest BCUT2D eigenvalue weighted by Crippen LogP contribution is 2.32. The van der Waals surface area contributed by atoms with Crippen molar-refractivity contribution in [2.75, 3.05) is 26.4 Å². The summed E-state index contributed by atoms with van der Waals surface area (Å²) in [6.45, 7) is 17.6. The van der Waals surface area contributed by atoms with E-state index in [-0.39, 0.29) is 22.3 Å². The molecule has 1 unspecified atom stereocenters. The van der Waals surface area contributed by atoms with E-state index in [2.05, 4.69) is 41.5 Å². The summed E-state index contributed by atoms with van der Waals surface area (Å²) in [5, 5.41) is 0. The molecule has 0 radical (unpaired) electrons. The van der Waals surface area contributed by atoms with Crippen molar-refractivity contribution in [3.05, 3.63) is 0 Å². The third-order valence-electron chi connectivity index (χ3n) is 5.61. The Bertz CT molecular complexity index is 241. The minimum atomic E-state index is 0. The van der Waals surface area contributed by atoms with Gasteiger partial charge in [-0.3, -0.25) is 0 Å². The summed E-state index contributed by atoms with van der Waals surface area (Å²) >= 11 is 0. The maximum atomic E-state index is 5.22. The minimum Gasteiger partial charge on any atom is -0.381 e. The Labute approximate surface area is 161 Å². The van der Waals surface area contributed by atoms with Crippen LogP contribution in [0.25, 0.3) is 0 Å². The predicted octanol–water partition coefficient (Wildman–Crippen LogP) is 7.32. The summed E-state index contributed by atoms with van der Waals surface area (Å²) in [6.07, 6.45) is 5.76. The van der Waals surface area contributed by atoms with E-state index in [0.717, 1.165) is 61.9 Å². The summed E-state index contributed by atoms with van der Waals surface area (Å²) in [5.74, 6) is 5.38. The molecule has 2 heteroatoms. The molecule has 0 aromatic rings. The standard InChI is InChI=1S/C7H14O.C7H14.C6H12O.3CH4/c1-6(2)7-3-4-8-5-7;1-6(2)7-4-3-5-7;1-5(2)6-3-7-4-6;;;/h6-7H,3-5H2,1-2H3;6-7H,3-5H2,1-2H3;5-6H,3-4H2,1-2H3;3*1H4. The molecule has 1 atom stereocenters. The Morgan fingerprint density at radius 3 is 1.08 bits per heavy atom. The van der Waals surface area contributed by atoms with E-state index in [4.69, 9.17) is 9.47 Å². The van der Waals surface area contributed by atoms with Gasteiger partial charge in [-0.15, -0.1) is 0 Å². The Balaban J connectivity index is -0.000000275. The average molecular weight is 361 g/mol. The van der Waals surface area contributed by atoms with Gasteiger partial charge in [-0.25, -0.2) is 0 Å². The van der Waals surface area contributed by atoms with Crippen molar-refractivity contribution in [1.29, 1.82) is 0 Å². The van der Waals surface area contributed by atoms with Gasteiger partial charge in [0, 0.05) is 19.1 Å². The normalized spacial score (nSPS) is 22.2. The molecule has 0 aromatic carbocycles. The van der Waals surface area contributed by atoms with Gasteiger partial charge in [-0.1, -0.05) is 83.1 Å². The predicted molar refractivity (Wildman–Crippen MR) is 115 cm³/mol. The second-order valence-corrected chi connectivity index (χ2v) is 8.34. The quantitative estimate of drug-likeness (QED) is 0.525. The van der Waals surface area contributed by atoms with E-state index in [9.17, 15) is 0 Å². The van der Waals surface area contributed by atoms with Crippen LogP contribution in [0.2, 0.25) is 0 Å². The average Bonchev–Trinajstić information content (AvgIpc) is 2.76. The monoisotopic (exact) mass is 360 g/mol. The largest absolute Gasteiger partial charge is 0.381 e. The molecule has 2 saturated heterocycles. The first kappa shape index (κ1) is 29.7. The van der Waals surface area contributed by atoms with Crippen LogP contribution < -0.4 is 0 Å². The van der Waals surface area contributed by atoms with E-state index in [1.54, 1.807) is 0 Å². The summed E-state index contributed by atoms with van der Waals surface area (Å²) in [6, 6.07) is 0. The zero-order valence-electron chi connectivity index (χ0n) is 15.9. The van der Waals surface area contributed by atoms with Gasteiger partial charge in [0.1, 0.15) is 0 Å². The van der Waals surface area contributed by atoms with Gasteiger partial charge in [-0.05, 0) is 36.0 Å². The lowest BCUT2D eigenvalue weighted by Gasteiger charge is -2.29. The molecule has 1 saturated carbocycles. The number of hydrogen-bond donors (Lipinski definition) is 0. The van der Waals surface area contributed by atoms with Crippen molar-refractivity contribution in [3.8, 4) is 0 Å². The Kier molecular flexibility index (Phi) is 19.1. The zero-order chi connectivity index (χ0) is 16.5. The molecule has 1 aliphatic carbocycles. The Hall–Kier alpha value is -0.0800. The maximum Gasteiger partial charge on any atom is 0.0518 e. The van der Waals surface area contributed by atoms with Crippen molar-refractivity contribution >= 4 is 0 Å². The van der Waals surface area contributed by atoms with Crippen LogP contribution in [0.4, 0.5) is 0 Å². The van der Waals surface area contributed by atoms with Crippen molar-refractivity contribution in [1.82, 2.24) is 0 Å². The van der Waals surface area contributed by atoms with E-state index < -0.39 is 0 Å². The fourth-order valence-corrected chi connectivity index (χ4v) is 2.82.